The van der Waals surface area contributed by atoms with Crippen molar-refractivity contribution in [1.82, 2.24) is 0 Å². The minimum Gasteiger partial charge on any atom is -0.394 e. The Kier molecular flexibility index (Phi) is 5.56. The smallest absolute Gasteiger partial charge is 0.394 e. The molecule has 1 unspecified atom stereocenters. The molecule has 8 aromatic rings. The minimum absolute atomic E-state index is 0.396. The van der Waals surface area contributed by atoms with Gasteiger partial charge in [0.15, 0.2) is 0 Å². The number of hydrogen-bond acceptors (Lipinski definition) is 3. The number of aryl methyl sites for hydroxylation is 2. The van der Waals surface area contributed by atoms with Gasteiger partial charge in [-0.3, -0.25) is 4.89 Å². The van der Waals surface area contributed by atoms with E-state index in [0.717, 1.165) is 82.7 Å². The van der Waals surface area contributed by atoms with E-state index in [9.17, 15) is 9.46 Å². The standard InChI is InChI=1S/C49H33O4P/c50-54(51)52-47-39(35-17-11-31-9-7-27-3-1-5-29-13-19-37(35)43(31)41(27)29)21-15-33-23-25-49(45(33)47)26-24-34-16-22-40(48(53-54)46(34)49)36-18-12-32-10-8-28-4-2-6-30-14-20-38(36)44(32)42(28)30/h1-3,5-9,11-22H,4,10,23-26H2,(H,50,51)/t49-/m0/s1. The Morgan fingerprint density at radius 3 is 1.87 bits per heavy atom. The molecule has 5 aliphatic rings. The van der Waals surface area contributed by atoms with E-state index in [1.54, 1.807) is 0 Å². The van der Waals surface area contributed by atoms with Crippen molar-refractivity contribution in [3.63, 3.8) is 0 Å². The van der Waals surface area contributed by atoms with Crippen LogP contribution in [0.2, 0.25) is 0 Å². The summed E-state index contributed by atoms with van der Waals surface area (Å²) >= 11 is 0. The lowest BCUT2D eigenvalue weighted by Crippen LogP contribution is -2.25. The first-order valence-corrected chi connectivity index (χ1v) is 20.6. The molecule has 13 rings (SSSR count). The summed E-state index contributed by atoms with van der Waals surface area (Å²) in [5.41, 5.74) is 13.1. The Labute approximate surface area is 311 Å². The molecule has 0 saturated heterocycles. The molecule has 5 heteroatoms. The fourth-order valence-electron chi connectivity index (χ4n) is 11.2. The monoisotopic (exact) mass is 716 g/mol. The van der Waals surface area contributed by atoms with Crippen molar-refractivity contribution in [2.24, 2.45) is 0 Å². The minimum atomic E-state index is -4.68. The van der Waals surface area contributed by atoms with E-state index in [1.807, 2.05) is 0 Å². The van der Waals surface area contributed by atoms with Gasteiger partial charge in [0.1, 0.15) is 11.5 Å². The highest BCUT2D eigenvalue weighted by molar-refractivity contribution is 7.48. The van der Waals surface area contributed by atoms with Gasteiger partial charge >= 0.3 is 7.82 Å². The molecule has 0 aromatic heterocycles. The van der Waals surface area contributed by atoms with Crippen LogP contribution in [0.15, 0.2) is 115 Å². The van der Waals surface area contributed by atoms with Gasteiger partial charge in [-0.2, -0.15) is 0 Å². The molecule has 0 fully saturated rings. The second-order valence-electron chi connectivity index (χ2n) is 15.9. The molecule has 2 atom stereocenters. The molecule has 0 saturated carbocycles. The molecule has 8 aromatic carbocycles. The van der Waals surface area contributed by atoms with Crippen LogP contribution in [0.25, 0.3) is 77.0 Å². The third-order valence-corrected chi connectivity index (χ3v) is 14.3. The van der Waals surface area contributed by atoms with E-state index in [1.165, 1.54) is 65.7 Å². The molecular formula is C49H33O4P. The second-order valence-corrected chi connectivity index (χ2v) is 17.2. The van der Waals surface area contributed by atoms with Crippen LogP contribution < -0.4 is 9.05 Å². The molecule has 0 radical (unpaired) electrons. The first-order valence-electron chi connectivity index (χ1n) is 19.1. The zero-order chi connectivity index (χ0) is 35.5. The van der Waals surface area contributed by atoms with Crippen LogP contribution in [0, 0.1) is 0 Å². The van der Waals surface area contributed by atoms with Gasteiger partial charge in [0, 0.05) is 27.7 Å². The number of phosphoric ester groups is 1. The van der Waals surface area contributed by atoms with Crippen LogP contribution in [0.1, 0.15) is 58.2 Å². The highest BCUT2D eigenvalue weighted by Crippen LogP contribution is 2.66. The maximum atomic E-state index is 14.6. The van der Waals surface area contributed by atoms with E-state index in [0.29, 0.717) is 11.5 Å². The lowest BCUT2D eigenvalue weighted by molar-refractivity contribution is 0.281. The number of hydrogen-bond donors (Lipinski definition) is 1. The number of allylic oxidation sites excluding steroid dienone is 3. The highest BCUT2D eigenvalue weighted by atomic mass is 31.2. The van der Waals surface area contributed by atoms with Gasteiger partial charge in [0.05, 0.1) is 0 Å². The zero-order valence-electron chi connectivity index (χ0n) is 29.4. The summed E-state index contributed by atoms with van der Waals surface area (Å²) in [6, 6.07) is 37.1. The number of rotatable bonds is 2. The van der Waals surface area contributed by atoms with E-state index in [2.05, 4.69) is 121 Å². The van der Waals surface area contributed by atoms with Gasteiger partial charge in [0.25, 0.3) is 0 Å². The maximum Gasteiger partial charge on any atom is 0.584 e. The Bertz CT molecular complexity index is 3150. The summed E-state index contributed by atoms with van der Waals surface area (Å²) in [6.07, 6.45) is 12.2. The molecular weight excluding hydrogens is 684 g/mol. The molecule has 1 N–H and O–H groups in total. The van der Waals surface area contributed by atoms with Crippen molar-refractivity contribution in [2.75, 3.05) is 0 Å². The van der Waals surface area contributed by atoms with Gasteiger partial charge in [0.2, 0.25) is 0 Å². The fourth-order valence-corrected chi connectivity index (χ4v) is 12.1. The van der Waals surface area contributed by atoms with Crippen LogP contribution in [-0.4, -0.2) is 4.89 Å². The SMILES string of the molecule is O=P1(O)Oc2c(-c3ccc4c5c6c(ccc35)C=CCC6=CC4)ccc3c2[C@]2(CC3)CCc3ccc(-c4ccc5ccc6cccc7ccc4c5c67)c(c32)O1. The van der Waals surface area contributed by atoms with Gasteiger partial charge in [-0.25, -0.2) is 4.57 Å². The molecule has 0 amide bonds. The van der Waals surface area contributed by atoms with Crippen LogP contribution >= 0.6 is 7.82 Å². The normalized spacial score (nSPS) is 21.5. The van der Waals surface area contributed by atoms with Crippen molar-refractivity contribution in [3.05, 3.63) is 154 Å². The first-order chi connectivity index (χ1) is 26.5. The average Bonchev–Trinajstić information content (AvgIpc) is 3.76. The van der Waals surface area contributed by atoms with Crippen LogP contribution in [0.4, 0.5) is 0 Å². The third-order valence-electron chi connectivity index (χ3n) is 13.4. The highest BCUT2D eigenvalue weighted by Gasteiger charge is 2.52. The summed E-state index contributed by atoms with van der Waals surface area (Å²) in [7, 11) is -4.68. The summed E-state index contributed by atoms with van der Waals surface area (Å²) in [5, 5.41) is 9.57. The summed E-state index contributed by atoms with van der Waals surface area (Å²) in [5.74, 6) is 0.993. The molecule has 258 valence electrons. The molecule has 0 bridgehead atoms. The van der Waals surface area contributed by atoms with E-state index >= 15 is 0 Å². The van der Waals surface area contributed by atoms with Gasteiger partial charge in [-0.15, -0.1) is 0 Å². The molecule has 1 heterocycles. The van der Waals surface area contributed by atoms with Crippen molar-refractivity contribution < 1.29 is 18.5 Å². The van der Waals surface area contributed by atoms with Crippen LogP contribution in [-0.2, 0) is 29.2 Å². The van der Waals surface area contributed by atoms with Crippen molar-refractivity contribution in [3.8, 4) is 33.8 Å². The molecule has 4 aliphatic carbocycles. The lowest BCUT2D eigenvalue weighted by Gasteiger charge is -2.35. The molecule has 1 aliphatic heterocycles. The second kappa shape index (κ2) is 10.1. The van der Waals surface area contributed by atoms with Crippen molar-refractivity contribution >= 4 is 62.6 Å². The lowest BCUT2D eigenvalue weighted by atomic mass is 9.74. The molecule has 54 heavy (non-hydrogen) atoms. The predicted molar refractivity (Wildman–Crippen MR) is 219 cm³/mol. The first kappa shape index (κ1) is 29.7. The Morgan fingerprint density at radius 1 is 0.574 bits per heavy atom. The van der Waals surface area contributed by atoms with E-state index in [-0.39, 0.29) is 0 Å². The van der Waals surface area contributed by atoms with Gasteiger partial charge in [-0.1, -0.05) is 121 Å². The number of benzene rings is 8. The van der Waals surface area contributed by atoms with Crippen molar-refractivity contribution in [2.45, 2.75) is 43.9 Å². The van der Waals surface area contributed by atoms with E-state index < -0.39 is 13.2 Å². The summed E-state index contributed by atoms with van der Waals surface area (Å²) < 4.78 is 27.5. The van der Waals surface area contributed by atoms with Gasteiger partial charge in [-0.05, 0) is 126 Å². The van der Waals surface area contributed by atoms with E-state index in [4.69, 9.17) is 9.05 Å². The van der Waals surface area contributed by atoms with Gasteiger partial charge < -0.3 is 9.05 Å². The topological polar surface area (TPSA) is 55.8 Å². The Hall–Kier alpha value is -5.67. The fraction of sp³-hybridized carbons (Fsp3) is 0.143. The Morgan fingerprint density at radius 2 is 1.15 bits per heavy atom. The van der Waals surface area contributed by atoms with Crippen LogP contribution in [0.5, 0.6) is 11.5 Å². The summed E-state index contributed by atoms with van der Waals surface area (Å²) in [4.78, 5) is 11.9. The molecule has 4 nitrogen and oxygen atoms in total. The Balaban J connectivity index is 1.07. The maximum absolute atomic E-state index is 14.6. The summed E-state index contributed by atoms with van der Waals surface area (Å²) in [6.45, 7) is 0. The van der Waals surface area contributed by atoms with Crippen LogP contribution in [0.3, 0.4) is 0 Å². The zero-order valence-corrected chi connectivity index (χ0v) is 30.3. The quantitative estimate of drug-likeness (QED) is 0.143. The number of phosphoric acid groups is 1. The molecule has 1 spiro atoms. The van der Waals surface area contributed by atoms with Crippen molar-refractivity contribution in [1.29, 1.82) is 0 Å². The largest absolute Gasteiger partial charge is 0.584 e. The third kappa shape index (κ3) is 3.70. The average molecular weight is 717 g/mol. The predicted octanol–water partition coefficient (Wildman–Crippen LogP) is 12.5.